The first-order valence-electron chi connectivity index (χ1n) is 17.3. The van der Waals surface area contributed by atoms with E-state index in [9.17, 15) is 19.2 Å². The second-order valence-electron chi connectivity index (χ2n) is 14.2. The highest BCUT2D eigenvalue weighted by atomic mass is 16.6. The van der Waals surface area contributed by atoms with Crippen molar-refractivity contribution >= 4 is 23.8 Å². The second kappa shape index (κ2) is 16.0. The van der Waals surface area contributed by atoms with Crippen LogP contribution in [0.5, 0.6) is 0 Å². The summed E-state index contributed by atoms with van der Waals surface area (Å²) >= 11 is 0. The smallest absolute Gasteiger partial charge is 0.410 e. The van der Waals surface area contributed by atoms with Crippen molar-refractivity contribution in [3.8, 4) is 0 Å². The van der Waals surface area contributed by atoms with Gasteiger partial charge in [-0.15, -0.1) is 0 Å². The Hall–Kier alpha value is -5.17. The van der Waals surface area contributed by atoms with Gasteiger partial charge in [0.05, 0.1) is 12.0 Å². The molecule has 5 rings (SSSR count). The standard InChI is InChI=1S/C40H47N5O5/c1-40(2,3)50-39(49)44(5)33(25-27-15-9-6-10-16-27)37(47)43-35-30(26-41-4)21-22-31-23-24-32(45(31)38(35)48)36(46)42-34(28-17-11-7-12-18-28)29-19-13-8-14-20-29/h6-20,30-35H,21-26H2,1-3,5H3,(H,42,46)(H,43,47)/t30-,31+,32+,33-,35+/m1/s1. The average molecular weight is 678 g/mol. The Morgan fingerprint density at radius 3 is 2.02 bits per heavy atom. The third kappa shape index (κ3) is 8.70. The van der Waals surface area contributed by atoms with Gasteiger partial charge in [-0.1, -0.05) is 91.0 Å². The summed E-state index contributed by atoms with van der Waals surface area (Å²) in [4.78, 5) is 62.7. The van der Waals surface area contributed by atoms with Crippen molar-refractivity contribution < 1.29 is 23.9 Å². The lowest BCUT2D eigenvalue weighted by Crippen LogP contribution is -2.59. The largest absolute Gasteiger partial charge is 0.444 e. The second-order valence-corrected chi connectivity index (χ2v) is 14.2. The van der Waals surface area contributed by atoms with Gasteiger partial charge in [-0.25, -0.2) is 11.4 Å². The van der Waals surface area contributed by atoms with Gasteiger partial charge in [-0.3, -0.25) is 19.3 Å². The zero-order valence-corrected chi connectivity index (χ0v) is 29.2. The zero-order valence-electron chi connectivity index (χ0n) is 29.2. The van der Waals surface area contributed by atoms with Gasteiger partial charge in [0.25, 0.3) is 0 Å². The molecule has 3 aromatic rings. The van der Waals surface area contributed by atoms with E-state index in [0.29, 0.717) is 25.7 Å². The Morgan fingerprint density at radius 1 is 0.900 bits per heavy atom. The van der Waals surface area contributed by atoms with Gasteiger partial charge >= 0.3 is 6.09 Å². The summed E-state index contributed by atoms with van der Waals surface area (Å²) in [5.41, 5.74) is 1.89. The van der Waals surface area contributed by atoms with Crippen LogP contribution in [0.25, 0.3) is 4.85 Å². The van der Waals surface area contributed by atoms with E-state index >= 15 is 0 Å². The van der Waals surface area contributed by atoms with Gasteiger partial charge in [-0.05, 0) is 63.1 Å². The fourth-order valence-electron chi connectivity index (χ4n) is 7.03. The maximum atomic E-state index is 14.6. The molecule has 2 heterocycles. The average Bonchev–Trinajstić information content (AvgIpc) is 3.49. The molecule has 2 saturated heterocycles. The van der Waals surface area contributed by atoms with Gasteiger partial charge < -0.3 is 25.1 Å². The molecule has 2 aliphatic rings. The Balaban J connectivity index is 1.41. The number of ether oxygens (including phenoxy) is 1. The van der Waals surface area contributed by atoms with Gasteiger partial charge in [-0.2, -0.15) is 0 Å². The Labute approximate surface area is 295 Å². The fraction of sp³-hybridized carbons (Fsp3) is 0.425. The summed E-state index contributed by atoms with van der Waals surface area (Å²) < 4.78 is 5.60. The summed E-state index contributed by atoms with van der Waals surface area (Å²) in [6.07, 6.45) is 1.82. The van der Waals surface area contributed by atoms with Crippen molar-refractivity contribution in [2.45, 2.75) is 88.7 Å². The lowest BCUT2D eigenvalue weighted by Gasteiger charge is -2.34. The molecular formula is C40H47N5O5. The molecule has 5 atom stereocenters. The van der Waals surface area contributed by atoms with Crippen molar-refractivity contribution in [3.05, 3.63) is 119 Å². The number of rotatable bonds is 10. The van der Waals surface area contributed by atoms with Crippen LogP contribution in [0, 0.1) is 12.5 Å². The first-order valence-corrected chi connectivity index (χ1v) is 17.3. The normalized spacial score (nSPS) is 21.0. The van der Waals surface area contributed by atoms with Crippen LogP contribution in [-0.4, -0.2) is 77.0 Å². The van der Waals surface area contributed by atoms with Gasteiger partial charge in [0.15, 0.2) is 0 Å². The number of amides is 4. The highest BCUT2D eigenvalue weighted by molar-refractivity contribution is 5.95. The van der Waals surface area contributed by atoms with Gasteiger partial charge in [0.2, 0.25) is 24.3 Å². The lowest BCUT2D eigenvalue weighted by molar-refractivity contribution is -0.144. The molecule has 0 radical (unpaired) electrons. The Morgan fingerprint density at radius 2 is 1.46 bits per heavy atom. The van der Waals surface area contributed by atoms with Crippen LogP contribution >= 0.6 is 0 Å². The molecule has 3 aromatic carbocycles. The van der Waals surface area contributed by atoms with Crippen LogP contribution in [0.3, 0.4) is 0 Å². The van der Waals surface area contributed by atoms with E-state index in [1.54, 1.807) is 25.7 Å². The van der Waals surface area contributed by atoms with Crippen LogP contribution in [0.2, 0.25) is 0 Å². The number of carbonyl (C=O) groups is 4. The van der Waals surface area contributed by atoms with E-state index in [1.165, 1.54) is 11.9 Å². The predicted molar refractivity (Wildman–Crippen MR) is 191 cm³/mol. The summed E-state index contributed by atoms with van der Waals surface area (Å²) in [6.45, 7) is 13.0. The quantitative estimate of drug-likeness (QED) is 0.274. The van der Waals surface area contributed by atoms with E-state index in [-0.39, 0.29) is 30.8 Å². The topological polar surface area (TPSA) is 112 Å². The SMILES string of the molecule is [C-]#[N+]C[C@H]1CC[C@H]2CC[C@@H](C(=O)NC(c3ccccc3)c3ccccc3)N2C(=O)[C@H]1NC(=O)[C@@H](Cc1ccccc1)N(C)C(=O)OC(C)(C)C. The predicted octanol–water partition coefficient (Wildman–Crippen LogP) is 5.54. The maximum absolute atomic E-state index is 14.6. The molecule has 0 bridgehead atoms. The van der Waals surface area contributed by atoms with E-state index in [1.807, 2.05) is 91.0 Å². The number of hydrogen-bond donors (Lipinski definition) is 2. The highest BCUT2D eigenvalue weighted by Crippen LogP contribution is 2.35. The number of carbonyl (C=O) groups excluding carboxylic acids is 4. The van der Waals surface area contributed by atoms with Crippen LogP contribution in [0.1, 0.15) is 69.2 Å². The van der Waals surface area contributed by atoms with E-state index in [4.69, 9.17) is 11.3 Å². The molecule has 262 valence electrons. The van der Waals surface area contributed by atoms with Crippen molar-refractivity contribution in [2.24, 2.45) is 5.92 Å². The molecule has 2 aliphatic heterocycles. The number of fused-ring (bicyclic) bond motifs is 1. The first-order chi connectivity index (χ1) is 24.0. The fourth-order valence-corrected chi connectivity index (χ4v) is 7.03. The van der Waals surface area contributed by atoms with Gasteiger partial charge in [0.1, 0.15) is 23.7 Å². The number of nitrogens with one attached hydrogen (secondary N) is 2. The Kier molecular flexibility index (Phi) is 11.6. The molecule has 10 nitrogen and oxygen atoms in total. The minimum absolute atomic E-state index is 0.0451. The van der Waals surface area contributed by atoms with E-state index in [0.717, 1.165) is 16.7 Å². The lowest BCUT2D eigenvalue weighted by atomic mass is 9.92. The molecule has 0 unspecified atom stereocenters. The summed E-state index contributed by atoms with van der Waals surface area (Å²) in [5.74, 6) is -1.62. The van der Waals surface area contributed by atoms with Crippen molar-refractivity contribution in [1.82, 2.24) is 20.4 Å². The third-order valence-corrected chi connectivity index (χ3v) is 9.57. The molecule has 0 aromatic heterocycles. The summed E-state index contributed by atoms with van der Waals surface area (Å²) in [5, 5.41) is 6.19. The Bertz CT molecular complexity index is 1630. The summed E-state index contributed by atoms with van der Waals surface area (Å²) in [7, 11) is 1.51. The third-order valence-electron chi connectivity index (χ3n) is 9.57. The van der Waals surface area contributed by atoms with Crippen molar-refractivity contribution in [1.29, 1.82) is 0 Å². The number of likely N-dealkylation sites (N-methyl/N-ethyl adjacent to an activating group) is 1. The highest BCUT2D eigenvalue weighted by Gasteiger charge is 2.49. The van der Waals surface area contributed by atoms with E-state index in [2.05, 4.69) is 15.5 Å². The van der Waals surface area contributed by atoms with Crippen molar-refractivity contribution in [2.75, 3.05) is 13.6 Å². The van der Waals surface area contributed by atoms with Crippen LogP contribution in [0.15, 0.2) is 91.0 Å². The molecule has 0 spiro atoms. The van der Waals surface area contributed by atoms with Gasteiger partial charge in [0, 0.05) is 19.5 Å². The molecule has 10 heteroatoms. The first kappa shape index (κ1) is 36.1. The molecular weight excluding hydrogens is 630 g/mol. The molecule has 0 aliphatic carbocycles. The molecule has 50 heavy (non-hydrogen) atoms. The monoisotopic (exact) mass is 677 g/mol. The van der Waals surface area contributed by atoms with Crippen LogP contribution < -0.4 is 10.6 Å². The maximum Gasteiger partial charge on any atom is 0.410 e. The number of nitrogens with zero attached hydrogens (tertiary/aromatic N) is 3. The molecule has 4 amide bonds. The number of hydrogen-bond acceptors (Lipinski definition) is 5. The van der Waals surface area contributed by atoms with Crippen LogP contribution in [-0.2, 0) is 25.5 Å². The van der Waals surface area contributed by atoms with E-state index < -0.39 is 47.7 Å². The molecule has 2 N–H and O–H groups in total. The summed E-state index contributed by atoms with van der Waals surface area (Å²) in [6, 6.07) is 25.4. The molecule has 0 saturated carbocycles. The molecule has 2 fully saturated rings. The minimum atomic E-state index is -1.04. The van der Waals surface area contributed by atoms with Crippen molar-refractivity contribution in [3.63, 3.8) is 0 Å². The minimum Gasteiger partial charge on any atom is -0.444 e. The zero-order chi connectivity index (χ0) is 35.8. The number of benzene rings is 3. The van der Waals surface area contributed by atoms with Crippen LogP contribution in [0.4, 0.5) is 4.79 Å².